The molecule has 19 heavy (non-hydrogen) atoms. The van der Waals surface area contributed by atoms with Crippen LogP contribution in [0.15, 0.2) is 28.2 Å². The average molecular weight is 330 g/mol. The van der Waals surface area contributed by atoms with Crippen molar-refractivity contribution in [3.63, 3.8) is 0 Å². The number of methoxy groups -OCH3 is 1. The normalized spacial score (nSPS) is 12.2. The Morgan fingerprint density at radius 3 is 2.79 bits per heavy atom. The van der Waals surface area contributed by atoms with Crippen LogP contribution < -0.4 is 5.32 Å². The summed E-state index contributed by atoms with van der Waals surface area (Å²) in [6, 6.07) is 5.07. The Morgan fingerprint density at radius 2 is 2.21 bits per heavy atom. The Kier molecular flexibility index (Phi) is 7.28. The summed E-state index contributed by atoms with van der Waals surface area (Å²) in [6.07, 6.45) is 2.11. The molecule has 0 saturated heterocycles. The Morgan fingerprint density at radius 1 is 1.47 bits per heavy atom. The Hall–Kier alpha value is -0.710. The molecule has 0 heterocycles. The molecule has 0 radical (unpaired) electrons. The minimum atomic E-state index is -0.235. The highest BCUT2D eigenvalue weighted by Gasteiger charge is 2.05. The van der Waals surface area contributed by atoms with Crippen molar-refractivity contribution in [2.24, 2.45) is 5.92 Å². The van der Waals surface area contributed by atoms with Crippen molar-refractivity contribution in [1.29, 1.82) is 0 Å². The van der Waals surface area contributed by atoms with Gasteiger partial charge in [0.2, 0.25) is 0 Å². The molecule has 106 valence electrons. The lowest BCUT2D eigenvalue weighted by atomic mass is 10.0. The molecule has 0 bridgehead atoms. The van der Waals surface area contributed by atoms with Crippen LogP contribution in [0.1, 0.15) is 19.4 Å². The summed E-state index contributed by atoms with van der Waals surface area (Å²) >= 11 is 3.21. The molecule has 0 aliphatic heterocycles. The van der Waals surface area contributed by atoms with Crippen molar-refractivity contribution in [2.45, 2.75) is 13.8 Å². The molecule has 0 aromatic heterocycles. The minimum absolute atomic E-state index is 0.235. The summed E-state index contributed by atoms with van der Waals surface area (Å²) in [5.74, 6) is 0.209. The quantitative estimate of drug-likeness (QED) is 0.767. The largest absolute Gasteiger partial charge is 0.383 e. The van der Waals surface area contributed by atoms with Gasteiger partial charge in [0.1, 0.15) is 5.82 Å². The number of hydrogen-bond donors (Lipinski definition) is 1. The molecular formula is C15H21BrFNO. The van der Waals surface area contributed by atoms with Gasteiger partial charge in [0.25, 0.3) is 0 Å². The second-order valence-corrected chi connectivity index (χ2v) is 5.57. The van der Waals surface area contributed by atoms with Crippen molar-refractivity contribution < 1.29 is 9.13 Å². The number of hydrogen-bond acceptors (Lipinski definition) is 2. The van der Waals surface area contributed by atoms with Crippen LogP contribution in [0, 0.1) is 11.7 Å². The first-order valence-electron chi connectivity index (χ1n) is 6.39. The van der Waals surface area contributed by atoms with E-state index in [0.29, 0.717) is 17.0 Å². The van der Waals surface area contributed by atoms with E-state index in [9.17, 15) is 4.39 Å². The fourth-order valence-corrected chi connectivity index (χ4v) is 2.04. The highest BCUT2D eigenvalue weighted by Crippen LogP contribution is 2.20. The lowest BCUT2D eigenvalue weighted by Crippen LogP contribution is -2.23. The minimum Gasteiger partial charge on any atom is -0.383 e. The van der Waals surface area contributed by atoms with Crippen molar-refractivity contribution in [3.05, 3.63) is 39.6 Å². The van der Waals surface area contributed by atoms with Crippen LogP contribution in [0.2, 0.25) is 0 Å². The summed E-state index contributed by atoms with van der Waals surface area (Å²) in [5, 5.41) is 3.33. The number of benzene rings is 1. The molecule has 0 saturated carbocycles. The Bertz CT molecular complexity index is 432. The van der Waals surface area contributed by atoms with E-state index < -0.39 is 0 Å². The molecule has 1 aromatic rings. The third-order valence-corrected chi connectivity index (χ3v) is 3.46. The SMILES string of the molecule is COCCNCC(=Cc1ccc(F)c(Br)c1)C(C)C. The summed E-state index contributed by atoms with van der Waals surface area (Å²) in [7, 11) is 1.69. The second kappa shape index (κ2) is 8.46. The Labute approximate surface area is 123 Å². The third kappa shape index (κ3) is 5.85. The lowest BCUT2D eigenvalue weighted by Gasteiger charge is -2.13. The monoisotopic (exact) mass is 329 g/mol. The van der Waals surface area contributed by atoms with E-state index in [1.807, 2.05) is 0 Å². The lowest BCUT2D eigenvalue weighted by molar-refractivity contribution is 0.200. The van der Waals surface area contributed by atoms with Crippen molar-refractivity contribution in [3.8, 4) is 0 Å². The van der Waals surface area contributed by atoms with Gasteiger partial charge in [-0.2, -0.15) is 0 Å². The summed E-state index contributed by atoms with van der Waals surface area (Å²) in [4.78, 5) is 0. The molecule has 1 rings (SSSR count). The number of halogens is 2. The fraction of sp³-hybridized carbons (Fsp3) is 0.467. The van der Waals surface area contributed by atoms with Gasteiger partial charge in [-0.25, -0.2) is 4.39 Å². The molecule has 0 aliphatic carbocycles. The van der Waals surface area contributed by atoms with E-state index in [0.717, 1.165) is 18.7 Å². The maximum Gasteiger partial charge on any atom is 0.137 e. The van der Waals surface area contributed by atoms with Crippen LogP contribution in [0.25, 0.3) is 6.08 Å². The topological polar surface area (TPSA) is 21.3 Å². The maximum absolute atomic E-state index is 13.2. The first-order valence-corrected chi connectivity index (χ1v) is 7.19. The van der Waals surface area contributed by atoms with Crippen LogP contribution in [0.4, 0.5) is 4.39 Å². The highest BCUT2D eigenvalue weighted by atomic mass is 79.9. The van der Waals surface area contributed by atoms with Crippen LogP contribution in [-0.2, 0) is 4.74 Å². The van der Waals surface area contributed by atoms with Crippen molar-refractivity contribution >= 4 is 22.0 Å². The van der Waals surface area contributed by atoms with Crippen molar-refractivity contribution in [2.75, 3.05) is 26.8 Å². The van der Waals surface area contributed by atoms with Crippen molar-refractivity contribution in [1.82, 2.24) is 5.32 Å². The van der Waals surface area contributed by atoms with Crippen LogP contribution >= 0.6 is 15.9 Å². The summed E-state index contributed by atoms with van der Waals surface area (Å²) in [5.41, 5.74) is 2.29. The van der Waals surface area contributed by atoms with E-state index in [4.69, 9.17) is 4.74 Å². The molecule has 2 nitrogen and oxygen atoms in total. The molecule has 0 amide bonds. The second-order valence-electron chi connectivity index (χ2n) is 4.72. The first-order chi connectivity index (χ1) is 9.04. The molecule has 4 heteroatoms. The van der Waals surface area contributed by atoms with Crippen LogP contribution in [-0.4, -0.2) is 26.8 Å². The number of rotatable bonds is 7. The zero-order chi connectivity index (χ0) is 14.3. The zero-order valence-corrected chi connectivity index (χ0v) is 13.3. The van der Waals surface area contributed by atoms with Gasteiger partial charge < -0.3 is 10.1 Å². The van der Waals surface area contributed by atoms with Crippen LogP contribution in [0.5, 0.6) is 0 Å². The zero-order valence-electron chi connectivity index (χ0n) is 11.7. The summed E-state index contributed by atoms with van der Waals surface area (Å²) in [6.45, 7) is 6.65. The van der Waals surface area contributed by atoms with Gasteiger partial charge in [-0.1, -0.05) is 31.6 Å². The molecule has 0 spiro atoms. The molecule has 0 atom stereocenters. The maximum atomic E-state index is 13.2. The molecule has 1 aromatic carbocycles. The van der Waals surface area contributed by atoms with Gasteiger partial charge in [0.05, 0.1) is 11.1 Å². The standard InChI is InChI=1S/C15H21BrFNO/c1-11(2)13(10-18-6-7-19-3)8-12-4-5-15(17)14(16)9-12/h4-5,8-9,11,18H,6-7,10H2,1-3H3. The van der Waals surface area contributed by atoms with Gasteiger partial charge in [0.15, 0.2) is 0 Å². The van der Waals surface area contributed by atoms with Gasteiger partial charge in [-0.05, 0) is 39.5 Å². The fourth-order valence-electron chi connectivity index (χ4n) is 1.65. The smallest absolute Gasteiger partial charge is 0.137 e. The molecular weight excluding hydrogens is 309 g/mol. The van der Waals surface area contributed by atoms with E-state index in [1.165, 1.54) is 11.6 Å². The molecule has 0 unspecified atom stereocenters. The highest BCUT2D eigenvalue weighted by molar-refractivity contribution is 9.10. The van der Waals surface area contributed by atoms with Gasteiger partial charge in [-0.3, -0.25) is 0 Å². The van der Waals surface area contributed by atoms with Crippen LogP contribution in [0.3, 0.4) is 0 Å². The first kappa shape index (κ1) is 16.3. The van der Waals surface area contributed by atoms with E-state index in [1.54, 1.807) is 19.2 Å². The summed E-state index contributed by atoms with van der Waals surface area (Å²) < 4.78 is 18.7. The van der Waals surface area contributed by atoms with E-state index in [-0.39, 0.29) is 5.82 Å². The molecule has 1 N–H and O–H groups in total. The third-order valence-electron chi connectivity index (χ3n) is 2.85. The predicted octanol–water partition coefficient (Wildman–Crippen LogP) is 3.86. The number of ether oxygens (including phenoxy) is 1. The number of nitrogens with one attached hydrogen (secondary N) is 1. The Balaban J connectivity index is 2.73. The van der Waals surface area contributed by atoms with Gasteiger partial charge in [-0.15, -0.1) is 0 Å². The molecule has 0 fully saturated rings. The average Bonchev–Trinajstić information content (AvgIpc) is 2.37. The van der Waals surface area contributed by atoms with Gasteiger partial charge in [0, 0.05) is 20.2 Å². The molecule has 0 aliphatic rings. The predicted molar refractivity (Wildman–Crippen MR) is 81.7 cm³/mol. The van der Waals surface area contributed by atoms with E-state index in [2.05, 4.69) is 41.2 Å². The van der Waals surface area contributed by atoms with Gasteiger partial charge >= 0.3 is 0 Å². The van der Waals surface area contributed by atoms with E-state index >= 15 is 0 Å².